The van der Waals surface area contributed by atoms with Gasteiger partial charge in [0, 0.05) is 28.2 Å². The fourth-order valence-electron chi connectivity index (χ4n) is 2.23. The molecule has 6 heteroatoms. The molecular weight excluding hydrogens is 366 g/mol. The number of amides is 1. The van der Waals surface area contributed by atoms with E-state index in [9.17, 15) is 4.79 Å². The van der Waals surface area contributed by atoms with Gasteiger partial charge in [-0.05, 0) is 54.1 Å². The summed E-state index contributed by atoms with van der Waals surface area (Å²) < 4.78 is 0. The number of hydrogen-bond acceptors (Lipinski definition) is 4. The van der Waals surface area contributed by atoms with Crippen LogP contribution in [0.15, 0.2) is 83.4 Å². The van der Waals surface area contributed by atoms with Crippen molar-refractivity contribution in [1.29, 1.82) is 0 Å². The van der Waals surface area contributed by atoms with E-state index in [0.717, 1.165) is 27.0 Å². The van der Waals surface area contributed by atoms with E-state index in [4.69, 9.17) is 11.6 Å². The van der Waals surface area contributed by atoms with E-state index in [2.05, 4.69) is 21.9 Å². The molecule has 0 aliphatic rings. The normalized spacial score (nSPS) is 10.3. The van der Waals surface area contributed by atoms with E-state index < -0.39 is 0 Å². The quantitative estimate of drug-likeness (QED) is 0.482. The summed E-state index contributed by atoms with van der Waals surface area (Å²) in [6.07, 6.45) is 3.66. The Labute approximate surface area is 161 Å². The predicted molar refractivity (Wildman–Crippen MR) is 106 cm³/mol. The van der Waals surface area contributed by atoms with Crippen LogP contribution in [-0.4, -0.2) is 15.9 Å². The van der Waals surface area contributed by atoms with Gasteiger partial charge < -0.3 is 5.32 Å². The number of halogens is 1. The minimum absolute atomic E-state index is 0.229. The predicted octanol–water partition coefficient (Wildman–Crippen LogP) is 5.00. The average Bonchev–Trinajstić information content (AvgIpc) is 2.65. The standard InChI is InChI=1S/C20H16ClN3OS/c1-2-19(25)23-16-7-9-17(10-8-16)26-20-11-12-22-18(24-20)13-14-3-5-15(21)6-4-14/h2-12H,1,13H2,(H,23,25). The van der Waals surface area contributed by atoms with Gasteiger partial charge in [0.1, 0.15) is 10.9 Å². The van der Waals surface area contributed by atoms with Crippen LogP contribution in [0.5, 0.6) is 0 Å². The summed E-state index contributed by atoms with van der Waals surface area (Å²) in [5.41, 5.74) is 1.84. The second-order valence-electron chi connectivity index (χ2n) is 5.43. The monoisotopic (exact) mass is 381 g/mol. The summed E-state index contributed by atoms with van der Waals surface area (Å²) >= 11 is 7.46. The Kier molecular flexibility index (Phi) is 6.04. The molecule has 0 aliphatic heterocycles. The zero-order chi connectivity index (χ0) is 18.4. The molecule has 0 saturated carbocycles. The molecule has 4 nitrogen and oxygen atoms in total. The van der Waals surface area contributed by atoms with E-state index in [1.165, 1.54) is 6.08 Å². The third kappa shape index (κ3) is 5.18. The average molecular weight is 382 g/mol. The zero-order valence-corrected chi connectivity index (χ0v) is 15.4. The first-order chi connectivity index (χ1) is 12.6. The number of rotatable bonds is 6. The molecular formula is C20H16ClN3OS. The molecule has 0 saturated heterocycles. The van der Waals surface area contributed by atoms with Gasteiger partial charge in [-0.1, -0.05) is 42.1 Å². The van der Waals surface area contributed by atoms with Gasteiger partial charge >= 0.3 is 0 Å². The molecule has 0 spiro atoms. The van der Waals surface area contributed by atoms with Crippen molar-refractivity contribution in [2.45, 2.75) is 16.3 Å². The molecule has 1 N–H and O–H groups in total. The maximum absolute atomic E-state index is 11.3. The topological polar surface area (TPSA) is 54.9 Å². The van der Waals surface area contributed by atoms with E-state index in [0.29, 0.717) is 11.4 Å². The van der Waals surface area contributed by atoms with Crippen molar-refractivity contribution in [3.05, 3.63) is 89.9 Å². The van der Waals surface area contributed by atoms with Crippen molar-refractivity contribution in [3.8, 4) is 0 Å². The van der Waals surface area contributed by atoms with Crippen molar-refractivity contribution in [2.75, 3.05) is 5.32 Å². The van der Waals surface area contributed by atoms with Crippen LogP contribution in [0.25, 0.3) is 0 Å². The molecule has 0 fully saturated rings. The van der Waals surface area contributed by atoms with Crippen molar-refractivity contribution in [3.63, 3.8) is 0 Å². The fraction of sp³-hybridized carbons (Fsp3) is 0.0500. The lowest BCUT2D eigenvalue weighted by molar-refractivity contribution is -0.111. The van der Waals surface area contributed by atoms with Crippen LogP contribution in [0.2, 0.25) is 5.02 Å². The highest BCUT2D eigenvalue weighted by Crippen LogP contribution is 2.27. The molecule has 1 aromatic heterocycles. The Bertz CT molecular complexity index is 911. The van der Waals surface area contributed by atoms with Crippen LogP contribution in [0.4, 0.5) is 5.69 Å². The lowest BCUT2D eigenvalue weighted by Crippen LogP contribution is -2.06. The van der Waals surface area contributed by atoms with Crippen LogP contribution < -0.4 is 5.32 Å². The molecule has 3 rings (SSSR count). The molecule has 0 aliphatic carbocycles. The number of nitrogens with zero attached hydrogens (tertiary/aromatic N) is 2. The van der Waals surface area contributed by atoms with Crippen LogP contribution in [-0.2, 0) is 11.2 Å². The molecule has 1 amide bonds. The van der Waals surface area contributed by atoms with Gasteiger partial charge in [-0.15, -0.1) is 0 Å². The fourth-order valence-corrected chi connectivity index (χ4v) is 3.15. The van der Waals surface area contributed by atoms with Crippen molar-refractivity contribution >= 4 is 35.0 Å². The minimum Gasteiger partial charge on any atom is -0.323 e. The van der Waals surface area contributed by atoms with Crippen molar-refractivity contribution in [1.82, 2.24) is 9.97 Å². The van der Waals surface area contributed by atoms with E-state index in [1.807, 2.05) is 54.6 Å². The van der Waals surface area contributed by atoms with E-state index in [1.54, 1.807) is 18.0 Å². The maximum Gasteiger partial charge on any atom is 0.247 e. The van der Waals surface area contributed by atoms with Crippen LogP contribution >= 0.6 is 23.4 Å². The first-order valence-corrected chi connectivity index (χ1v) is 9.09. The molecule has 3 aromatic rings. The first kappa shape index (κ1) is 18.2. The van der Waals surface area contributed by atoms with Gasteiger partial charge in [0.2, 0.25) is 5.91 Å². The summed E-state index contributed by atoms with van der Waals surface area (Å²) in [6, 6.07) is 17.1. The smallest absolute Gasteiger partial charge is 0.247 e. The lowest BCUT2D eigenvalue weighted by atomic mass is 10.1. The minimum atomic E-state index is -0.229. The van der Waals surface area contributed by atoms with Crippen LogP contribution in [0, 0.1) is 0 Å². The summed E-state index contributed by atoms with van der Waals surface area (Å²) in [4.78, 5) is 21.3. The summed E-state index contributed by atoms with van der Waals surface area (Å²) in [6.45, 7) is 3.44. The SMILES string of the molecule is C=CC(=O)Nc1ccc(Sc2ccnc(Cc3ccc(Cl)cc3)n2)cc1. The van der Waals surface area contributed by atoms with Crippen LogP contribution in [0.1, 0.15) is 11.4 Å². The second kappa shape index (κ2) is 8.65. The molecule has 0 atom stereocenters. The highest BCUT2D eigenvalue weighted by atomic mass is 35.5. The lowest BCUT2D eigenvalue weighted by Gasteiger charge is -2.06. The third-order valence-corrected chi connectivity index (χ3v) is 4.68. The number of carbonyl (C=O) groups excluding carboxylic acids is 1. The molecule has 1 heterocycles. The number of hydrogen-bond donors (Lipinski definition) is 1. The number of anilines is 1. The number of benzene rings is 2. The van der Waals surface area contributed by atoms with Gasteiger partial charge in [-0.2, -0.15) is 0 Å². The number of aromatic nitrogens is 2. The van der Waals surface area contributed by atoms with Crippen molar-refractivity contribution in [2.24, 2.45) is 0 Å². The third-order valence-electron chi connectivity index (χ3n) is 3.49. The molecule has 26 heavy (non-hydrogen) atoms. The Hall–Kier alpha value is -2.63. The number of carbonyl (C=O) groups is 1. The highest BCUT2D eigenvalue weighted by Gasteiger charge is 2.04. The molecule has 0 radical (unpaired) electrons. The molecule has 0 bridgehead atoms. The van der Waals surface area contributed by atoms with Gasteiger partial charge in [0.05, 0.1) is 0 Å². The summed E-state index contributed by atoms with van der Waals surface area (Å²) in [7, 11) is 0. The van der Waals surface area contributed by atoms with Gasteiger partial charge in [-0.3, -0.25) is 4.79 Å². The summed E-state index contributed by atoms with van der Waals surface area (Å²) in [5.74, 6) is 0.528. The first-order valence-electron chi connectivity index (χ1n) is 7.90. The summed E-state index contributed by atoms with van der Waals surface area (Å²) in [5, 5.41) is 4.30. The van der Waals surface area contributed by atoms with E-state index in [-0.39, 0.29) is 5.91 Å². The second-order valence-corrected chi connectivity index (χ2v) is 6.96. The Morgan fingerprint density at radius 1 is 1.12 bits per heavy atom. The van der Waals surface area contributed by atoms with E-state index >= 15 is 0 Å². The van der Waals surface area contributed by atoms with Crippen molar-refractivity contribution < 1.29 is 4.79 Å². The van der Waals surface area contributed by atoms with Crippen LogP contribution in [0.3, 0.4) is 0 Å². The molecule has 130 valence electrons. The van der Waals surface area contributed by atoms with Gasteiger partial charge in [0.15, 0.2) is 0 Å². The largest absolute Gasteiger partial charge is 0.323 e. The molecule has 2 aromatic carbocycles. The zero-order valence-electron chi connectivity index (χ0n) is 13.9. The number of nitrogens with one attached hydrogen (secondary N) is 1. The Morgan fingerprint density at radius 2 is 1.85 bits per heavy atom. The molecule has 0 unspecified atom stereocenters. The van der Waals surface area contributed by atoms with Gasteiger partial charge in [-0.25, -0.2) is 9.97 Å². The Morgan fingerprint density at radius 3 is 2.54 bits per heavy atom. The maximum atomic E-state index is 11.3. The highest BCUT2D eigenvalue weighted by molar-refractivity contribution is 7.99. The Balaban J connectivity index is 1.67. The van der Waals surface area contributed by atoms with Gasteiger partial charge in [0.25, 0.3) is 0 Å².